The summed E-state index contributed by atoms with van der Waals surface area (Å²) in [6, 6.07) is 1.82. The van der Waals surface area contributed by atoms with Gasteiger partial charge in [-0.2, -0.15) is 5.10 Å². The number of carbonyl (C=O) groups excluding carboxylic acids is 1. The van der Waals surface area contributed by atoms with E-state index in [2.05, 4.69) is 15.4 Å². The van der Waals surface area contributed by atoms with Crippen LogP contribution < -0.4 is 5.32 Å². The first-order chi connectivity index (χ1) is 9.65. The number of thiazole rings is 1. The van der Waals surface area contributed by atoms with Gasteiger partial charge in [0.15, 0.2) is 0 Å². The smallest absolute Gasteiger partial charge is 0.317 e. The predicted octanol–water partition coefficient (Wildman–Crippen LogP) is 1.88. The van der Waals surface area contributed by atoms with Gasteiger partial charge >= 0.3 is 6.03 Å². The standard InChI is InChI=1S/C13H19N5OS/c1-11-16-12(10-20-11)9-17(2)13(19)14-5-3-7-18-8-4-6-15-18/h4,6,8,10H,3,5,7,9H2,1-2H3,(H,14,19). The minimum atomic E-state index is -0.0730. The van der Waals surface area contributed by atoms with Crippen molar-refractivity contribution in [3.05, 3.63) is 34.5 Å². The summed E-state index contributed by atoms with van der Waals surface area (Å²) < 4.78 is 1.86. The third-order valence-electron chi connectivity index (χ3n) is 2.81. The second kappa shape index (κ2) is 7.04. The highest BCUT2D eigenvalue weighted by Gasteiger charge is 2.09. The van der Waals surface area contributed by atoms with Gasteiger partial charge in [0.2, 0.25) is 0 Å². The minimum absolute atomic E-state index is 0.0730. The van der Waals surface area contributed by atoms with Crippen LogP contribution in [0.15, 0.2) is 23.8 Å². The zero-order valence-electron chi connectivity index (χ0n) is 11.7. The van der Waals surface area contributed by atoms with E-state index in [1.165, 1.54) is 0 Å². The Bertz CT molecular complexity index is 537. The van der Waals surface area contributed by atoms with E-state index in [1.807, 2.05) is 29.2 Å². The summed E-state index contributed by atoms with van der Waals surface area (Å²) in [6.45, 7) is 3.94. The second-order valence-corrected chi connectivity index (χ2v) is 5.63. The number of nitrogens with zero attached hydrogens (tertiary/aromatic N) is 4. The van der Waals surface area contributed by atoms with Gasteiger partial charge in [-0.3, -0.25) is 4.68 Å². The Morgan fingerprint density at radius 1 is 1.55 bits per heavy atom. The topological polar surface area (TPSA) is 63.1 Å². The van der Waals surface area contributed by atoms with Gasteiger partial charge in [-0.15, -0.1) is 11.3 Å². The maximum absolute atomic E-state index is 11.9. The Hall–Kier alpha value is -1.89. The first-order valence-corrected chi connectivity index (χ1v) is 7.40. The molecule has 0 saturated heterocycles. The average molecular weight is 293 g/mol. The molecule has 0 bridgehead atoms. The number of urea groups is 1. The number of nitrogens with one attached hydrogen (secondary N) is 1. The summed E-state index contributed by atoms with van der Waals surface area (Å²) in [6.07, 6.45) is 4.53. The average Bonchev–Trinajstić information content (AvgIpc) is 3.06. The maximum Gasteiger partial charge on any atom is 0.317 e. The summed E-state index contributed by atoms with van der Waals surface area (Å²) in [4.78, 5) is 17.9. The number of aromatic nitrogens is 3. The molecule has 2 aromatic rings. The van der Waals surface area contributed by atoms with Crippen LogP contribution in [0.2, 0.25) is 0 Å². The summed E-state index contributed by atoms with van der Waals surface area (Å²) in [7, 11) is 1.78. The predicted molar refractivity (Wildman–Crippen MR) is 78.6 cm³/mol. The van der Waals surface area contributed by atoms with Crippen LogP contribution in [-0.2, 0) is 13.1 Å². The summed E-state index contributed by atoms with van der Waals surface area (Å²) >= 11 is 1.60. The van der Waals surface area contributed by atoms with Crippen molar-refractivity contribution in [2.45, 2.75) is 26.4 Å². The van der Waals surface area contributed by atoms with E-state index in [-0.39, 0.29) is 6.03 Å². The van der Waals surface area contributed by atoms with E-state index >= 15 is 0 Å². The molecule has 0 saturated carbocycles. The molecule has 0 aliphatic rings. The van der Waals surface area contributed by atoms with Crippen molar-refractivity contribution < 1.29 is 4.79 Å². The number of hydrogen-bond acceptors (Lipinski definition) is 4. The minimum Gasteiger partial charge on any atom is -0.338 e. The third kappa shape index (κ3) is 4.34. The van der Waals surface area contributed by atoms with Crippen LogP contribution in [0.1, 0.15) is 17.1 Å². The largest absolute Gasteiger partial charge is 0.338 e. The van der Waals surface area contributed by atoms with Crippen LogP contribution in [0.3, 0.4) is 0 Å². The van der Waals surface area contributed by atoms with Gasteiger partial charge in [-0.1, -0.05) is 0 Å². The Balaban J connectivity index is 1.66. The molecule has 0 unspecified atom stereocenters. The summed E-state index contributed by atoms with van der Waals surface area (Å²) in [5.74, 6) is 0. The Morgan fingerprint density at radius 3 is 3.05 bits per heavy atom. The summed E-state index contributed by atoms with van der Waals surface area (Å²) in [5.41, 5.74) is 0.932. The molecule has 0 aromatic carbocycles. The normalized spacial score (nSPS) is 10.5. The van der Waals surface area contributed by atoms with Crippen molar-refractivity contribution in [1.82, 2.24) is 25.0 Å². The van der Waals surface area contributed by atoms with E-state index in [9.17, 15) is 4.79 Å². The molecule has 2 heterocycles. The first-order valence-electron chi connectivity index (χ1n) is 6.52. The lowest BCUT2D eigenvalue weighted by Gasteiger charge is -2.16. The van der Waals surface area contributed by atoms with E-state index in [4.69, 9.17) is 0 Å². The lowest BCUT2D eigenvalue weighted by molar-refractivity contribution is 0.206. The van der Waals surface area contributed by atoms with E-state index in [0.29, 0.717) is 13.1 Å². The van der Waals surface area contributed by atoms with Crippen molar-refractivity contribution in [2.24, 2.45) is 0 Å². The first kappa shape index (κ1) is 14.5. The van der Waals surface area contributed by atoms with Crippen LogP contribution >= 0.6 is 11.3 Å². The highest BCUT2D eigenvalue weighted by atomic mass is 32.1. The highest BCUT2D eigenvalue weighted by Crippen LogP contribution is 2.09. The van der Waals surface area contributed by atoms with Crippen molar-refractivity contribution in [1.29, 1.82) is 0 Å². The summed E-state index contributed by atoms with van der Waals surface area (Å²) in [5, 5.41) is 10.0. The molecule has 0 atom stereocenters. The molecule has 0 aliphatic carbocycles. The van der Waals surface area contributed by atoms with Crippen LogP contribution in [0.25, 0.3) is 0 Å². The quantitative estimate of drug-likeness (QED) is 0.827. The molecular formula is C13H19N5OS. The highest BCUT2D eigenvalue weighted by molar-refractivity contribution is 7.09. The van der Waals surface area contributed by atoms with Gasteiger partial charge in [0.1, 0.15) is 0 Å². The van der Waals surface area contributed by atoms with E-state index < -0.39 is 0 Å². The second-order valence-electron chi connectivity index (χ2n) is 4.57. The van der Waals surface area contributed by atoms with Crippen LogP contribution in [0.5, 0.6) is 0 Å². The van der Waals surface area contributed by atoms with Gasteiger partial charge in [-0.25, -0.2) is 9.78 Å². The fraction of sp³-hybridized carbons (Fsp3) is 0.462. The van der Waals surface area contributed by atoms with E-state index in [1.54, 1.807) is 29.5 Å². The number of hydrogen-bond donors (Lipinski definition) is 1. The number of rotatable bonds is 6. The molecule has 1 N–H and O–H groups in total. The molecule has 0 radical (unpaired) electrons. The monoisotopic (exact) mass is 293 g/mol. The number of amides is 2. The SMILES string of the molecule is Cc1nc(CN(C)C(=O)NCCCn2cccn2)cs1. The lowest BCUT2D eigenvalue weighted by Crippen LogP contribution is -2.37. The van der Waals surface area contributed by atoms with Crippen molar-refractivity contribution in [2.75, 3.05) is 13.6 Å². The third-order valence-corrected chi connectivity index (χ3v) is 3.63. The van der Waals surface area contributed by atoms with Gasteiger partial charge < -0.3 is 10.2 Å². The van der Waals surface area contributed by atoms with Crippen LogP contribution in [-0.4, -0.2) is 39.3 Å². The van der Waals surface area contributed by atoms with Gasteiger partial charge in [0, 0.05) is 37.9 Å². The molecule has 6 nitrogen and oxygen atoms in total. The number of aryl methyl sites for hydroxylation is 2. The van der Waals surface area contributed by atoms with Crippen LogP contribution in [0, 0.1) is 6.92 Å². The zero-order chi connectivity index (χ0) is 14.4. The fourth-order valence-electron chi connectivity index (χ4n) is 1.80. The number of carbonyl (C=O) groups is 1. The molecule has 0 fully saturated rings. The zero-order valence-corrected chi connectivity index (χ0v) is 12.6. The molecule has 108 valence electrons. The molecular weight excluding hydrogens is 274 g/mol. The van der Waals surface area contributed by atoms with Crippen molar-refractivity contribution in [3.8, 4) is 0 Å². The van der Waals surface area contributed by atoms with E-state index in [0.717, 1.165) is 23.7 Å². The lowest BCUT2D eigenvalue weighted by atomic mass is 10.4. The van der Waals surface area contributed by atoms with Gasteiger partial charge in [-0.05, 0) is 19.4 Å². The molecule has 0 aliphatic heterocycles. The molecule has 2 aromatic heterocycles. The molecule has 0 spiro atoms. The van der Waals surface area contributed by atoms with Crippen LogP contribution in [0.4, 0.5) is 4.79 Å². The maximum atomic E-state index is 11.9. The Kier molecular flexibility index (Phi) is 5.11. The van der Waals surface area contributed by atoms with Crippen molar-refractivity contribution in [3.63, 3.8) is 0 Å². The molecule has 2 amide bonds. The Labute approximate surface area is 122 Å². The molecule has 7 heteroatoms. The van der Waals surface area contributed by atoms with Gasteiger partial charge in [0.05, 0.1) is 17.2 Å². The molecule has 20 heavy (non-hydrogen) atoms. The van der Waals surface area contributed by atoms with Gasteiger partial charge in [0.25, 0.3) is 0 Å². The Morgan fingerprint density at radius 2 is 2.40 bits per heavy atom. The van der Waals surface area contributed by atoms with Crippen molar-refractivity contribution >= 4 is 17.4 Å². The molecule has 2 rings (SSSR count). The fourth-order valence-corrected chi connectivity index (χ4v) is 2.40.